The molecule has 31 heavy (non-hydrogen) atoms. The first kappa shape index (κ1) is 24.3. The van der Waals surface area contributed by atoms with Gasteiger partial charge in [-0.25, -0.2) is 0 Å². The number of carbonyl (C=O) groups excluding carboxylic acids is 1. The van der Waals surface area contributed by atoms with E-state index in [1.807, 2.05) is 55.5 Å². The molecule has 0 bridgehead atoms. The van der Waals surface area contributed by atoms with Gasteiger partial charge in [0, 0.05) is 31.4 Å². The van der Waals surface area contributed by atoms with E-state index in [0.29, 0.717) is 31.3 Å². The van der Waals surface area contributed by atoms with Crippen molar-refractivity contribution in [1.29, 1.82) is 0 Å². The van der Waals surface area contributed by atoms with Crippen LogP contribution in [-0.2, 0) is 13.1 Å². The van der Waals surface area contributed by atoms with Gasteiger partial charge >= 0.3 is 0 Å². The van der Waals surface area contributed by atoms with Crippen molar-refractivity contribution in [3.8, 4) is 5.75 Å². The molecule has 0 spiro atoms. The standard InChI is InChI=1S/C23H26N4O3.HI/c1-3-29-20-8-5-4-7-18(20)16-26-23(24-2)25-15-17-10-12-19(13-11-17)27-22(28)21-9-6-14-30-21;/h4-14H,3,15-16H2,1-2H3,(H,27,28)(H2,24,25,26);1H. The third-order valence-electron chi connectivity index (χ3n) is 4.36. The number of aliphatic imine (C=N–C) groups is 1. The van der Waals surface area contributed by atoms with E-state index in [-0.39, 0.29) is 35.6 Å². The summed E-state index contributed by atoms with van der Waals surface area (Å²) >= 11 is 0. The first-order chi connectivity index (χ1) is 14.7. The van der Waals surface area contributed by atoms with Crippen LogP contribution in [0.15, 0.2) is 76.3 Å². The highest BCUT2D eigenvalue weighted by molar-refractivity contribution is 14.0. The van der Waals surface area contributed by atoms with Gasteiger partial charge in [-0.2, -0.15) is 0 Å². The van der Waals surface area contributed by atoms with E-state index < -0.39 is 0 Å². The van der Waals surface area contributed by atoms with Gasteiger partial charge in [-0.3, -0.25) is 9.79 Å². The molecule has 1 heterocycles. The molecule has 0 aliphatic carbocycles. The number of ether oxygens (including phenoxy) is 1. The van der Waals surface area contributed by atoms with E-state index in [1.165, 1.54) is 6.26 Å². The Morgan fingerprint density at radius 2 is 1.74 bits per heavy atom. The lowest BCUT2D eigenvalue weighted by molar-refractivity contribution is 0.0996. The van der Waals surface area contributed by atoms with Crippen molar-refractivity contribution in [2.75, 3.05) is 19.0 Å². The Morgan fingerprint density at radius 1 is 1.00 bits per heavy atom. The number of guanidine groups is 1. The lowest BCUT2D eigenvalue weighted by Crippen LogP contribution is -2.36. The van der Waals surface area contributed by atoms with E-state index in [4.69, 9.17) is 9.15 Å². The molecule has 0 fully saturated rings. The van der Waals surface area contributed by atoms with Crippen LogP contribution in [0.3, 0.4) is 0 Å². The minimum absolute atomic E-state index is 0. The van der Waals surface area contributed by atoms with Gasteiger partial charge in [0.15, 0.2) is 11.7 Å². The van der Waals surface area contributed by atoms with Crippen molar-refractivity contribution < 1.29 is 13.9 Å². The average Bonchev–Trinajstić information content (AvgIpc) is 3.31. The van der Waals surface area contributed by atoms with E-state index in [0.717, 1.165) is 16.9 Å². The highest BCUT2D eigenvalue weighted by Gasteiger charge is 2.08. The lowest BCUT2D eigenvalue weighted by atomic mass is 10.2. The van der Waals surface area contributed by atoms with Gasteiger partial charge in [-0.05, 0) is 42.8 Å². The SMILES string of the molecule is CCOc1ccccc1CNC(=NC)NCc1ccc(NC(=O)c2ccco2)cc1.I. The number of anilines is 1. The molecule has 0 radical (unpaired) electrons. The Morgan fingerprint density at radius 3 is 2.42 bits per heavy atom. The van der Waals surface area contributed by atoms with E-state index in [1.54, 1.807) is 19.2 Å². The molecule has 3 aromatic rings. The van der Waals surface area contributed by atoms with E-state index in [2.05, 4.69) is 20.9 Å². The summed E-state index contributed by atoms with van der Waals surface area (Å²) in [5.41, 5.74) is 2.83. The molecule has 8 heteroatoms. The average molecular weight is 534 g/mol. The van der Waals surface area contributed by atoms with Crippen LogP contribution in [0.25, 0.3) is 0 Å². The van der Waals surface area contributed by atoms with Gasteiger partial charge in [-0.1, -0.05) is 30.3 Å². The summed E-state index contributed by atoms with van der Waals surface area (Å²) in [4.78, 5) is 16.3. The molecular formula is C23H27IN4O3. The van der Waals surface area contributed by atoms with Crippen LogP contribution >= 0.6 is 24.0 Å². The van der Waals surface area contributed by atoms with Gasteiger partial charge in [0.05, 0.1) is 12.9 Å². The lowest BCUT2D eigenvalue weighted by Gasteiger charge is -2.14. The smallest absolute Gasteiger partial charge is 0.291 e. The van der Waals surface area contributed by atoms with Crippen molar-refractivity contribution >= 4 is 41.5 Å². The summed E-state index contributed by atoms with van der Waals surface area (Å²) in [5, 5.41) is 9.39. The van der Waals surface area contributed by atoms with Crippen molar-refractivity contribution in [2.45, 2.75) is 20.0 Å². The number of furan rings is 1. The topological polar surface area (TPSA) is 87.9 Å². The molecule has 1 aromatic heterocycles. The predicted molar refractivity (Wildman–Crippen MR) is 133 cm³/mol. The van der Waals surface area contributed by atoms with Crippen LogP contribution in [0.2, 0.25) is 0 Å². The van der Waals surface area contributed by atoms with Gasteiger partial charge in [-0.15, -0.1) is 24.0 Å². The molecule has 0 atom stereocenters. The molecule has 0 aliphatic rings. The fourth-order valence-corrected chi connectivity index (χ4v) is 2.84. The Bertz CT molecular complexity index is 973. The Hall–Kier alpha value is -3.01. The minimum Gasteiger partial charge on any atom is -0.494 e. The number of nitrogens with one attached hydrogen (secondary N) is 3. The van der Waals surface area contributed by atoms with Crippen LogP contribution in [0.4, 0.5) is 5.69 Å². The molecule has 0 saturated carbocycles. The van der Waals surface area contributed by atoms with Crippen LogP contribution < -0.4 is 20.7 Å². The molecular weight excluding hydrogens is 507 g/mol. The number of para-hydroxylation sites is 1. The maximum Gasteiger partial charge on any atom is 0.291 e. The first-order valence-corrected chi connectivity index (χ1v) is 9.78. The molecule has 164 valence electrons. The number of amides is 1. The second kappa shape index (κ2) is 12.6. The van der Waals surface area contributed by atoms with Gasteiger partial charge in [0.2, 0.25) is 0 Å². The Labute approximate surface area is 199 Å². The zero-order valence-corrected chi connectivity index (χ0v) is 19.9. The number of nitrogens with zero attached hydrogens (tertiary/aromatic N) is 1. The van der Waals surface area contributed by atoms with Crippen molar-refractivity contribution in [1.82, 2.24) is 10.6 Å². The van der Waals surface area contributed by atoms with Crippen molar-refractivity contribution in [2.24, 2.45) is 4.99 Å². The summed E-state index contributed by atoms with van der Waals surface area (Å²) in [6, 6.07) is 18.8. The highest BCUT2D eigenvalue weighted by atomic mass is 127. The van der Waals surface area contributed by atoms with E-state index >= 15 is 0 Å². The largest absolute Gasteiger partial charge is 0.494 e. The third kappa shape index (κ3) is 7.32. The summed E-state index contributed by atoms with van der Waals surface area (Å²) < 4.78 is 10.8. The fourth-order valence-electron chi connectivity index (χ4n) is 2.84. The Balaban J connectivity index is 0.00000341. The maximum atomic E-state index is 12.0. The zero-order chi connectivity index (χ0) is 21.2. The summed E-state index contributed by atoms with van der Waals surface area (Å²) in [5.74, 6) is 1.57. The zero-order valence-electron chi connectivity index (χ0n) is 17.6. The quantitative estimate of drug-likeness (QED) is 0.227. The van der Waals surface area contributed by atoms with Gasteiger partial charge < -0.3 is 25.1 Å². The van der Waals surface area contributed by atoms with Crippen LogP contribution in [0.5, 0.6) is 5.75 Å². The highest BCUT2D eigenvalue weighted by Crippen LogP contribution is 2.17. The fraction of sp³-hybridized carbons (Fsp3) is 0.217. The molecule has 1 amide bonds. The predicted octanol–water partition coefficient (Wildman–Crippen LogP) is 4.41. The normalized spacial score (nSPS) is 10.7. The number of hydrogen-bond donors (Lipinski definition) is 3. The molecule has 0 saturated heterocycles. The summed E-state index contributed by atoms with van der Waals surface area (Å²) in [6.45, 7) is 3.80. The summed E-state index contributed by atoms with van der Waals surface area (Å²) in [6.07, 6.45) is 1.47. The second-order valence-corrected chi connectivity index (χ2v) is 6.45. The second-order valence-electron chi connectivity index (χ2n) is 6.45. The third-order valence-corrected chi connectivity index (χ3v) is 4.36. The molecule has 3 rings (SSSR count). The molecule has 3 N–H and O–H groups in total. The Kier molecular flexibility index (Phi) is 9.89. The molecule has 0 unspecified atom stereocenters. The van der Waals surface area contributed by atoms with Crippen molar-refractivity contribution in [3.05, 3.63) is 83.8 Å². The first-order valence-electron chi connectivity index (χ1n) is 9.78. The maximum absolute atomic E-state index is 12.0. The van der Waals surface area contributed by atoms with Crippen molar-refractivity contribution in [3.63, 3.8) is 0 Å². The number of rotatable bonds is 8. The van der Waals surface area contributed by atoms with Crippen LogP contribution in [0, 0.1) is 0 Å². The number of carbonyl (C=O) groups is 1. The van der Waals surface area contributed by atoms with Crippen LogP contribution in [0.1, 0.15) is 28.6 Å². The van der Waals surface area contributed by atoms with E-state index in [9.17, 15) is 4.79 Å². The number of benzene rings is 2. The van der Waals surface area contributed by atoms with Gasteiger partial charge in [0.1, 0.15) is 5.75 Å². The number of hydrogen-bond acceptors (Lipinski definition) is 4. The monoisotopic (exact) mass is 534 g/mol. The molecule has 7 nitrogen and oxygen atoms in total. The van der Waals surface area contributed by atoms with Gasteiger partial charge in [0.25, 0.3) is 5.91 Å². The minimum atomic E-state index is -0.275. The van der Waals surface area contributed by atoms with Crippen LogP contribution in [-0.4, -0.2) is 25.5 Å². The molecule has 2 aromatic carbocycles. The summed E-state index contributed by atoms with van der Waals surface area (Å²) in [7, 11) is 1.73. The number of halogens is 1. The molecule has 0 aliphatic heterocycles.